The Morgan fingerprint density at radius 3 is 2.00 bits per heavy atom. The average Bonchev–Trinajstić information content (AvgIpc) is 3.01. The molecule has 13 heavy (non-hydrogen) atoms. The molecule has 0 aromatic carbocycles. The van der Waals surface area contributed by atoms with Gasteiger partial charge in [-0.05, 0) is 12.8 Å². The van der Waals surface area contributed by atoms with E-state index >= 15 is 0 Å². The van der Waals surface area contributed by atoms with E-state index in [-0.39, 0.29) is 5.41 Å². The van der Waals surface area contributed by atoms with Crippen molar-refractivity contribution in [2.75, 3.05) is 26.4 Å². The molecule has 3 aliphatic heterocycles. The van der Waals surface area contributed by atoms with Crippen LogP contribution in [0.3, 0.4) is 0 Å². The van der Waals surface area contributed by atoms with E-state index in [0.29, 0.717) is 12.5 Å². The van der Waals surface area contributed by atoms with E-state index in [9.17, 15) is 0 Å². The predicted octanol–water partition coefficient (Wildman–Crippen LogP) is 0.0723. The van der Waals surface area contributed by atoms with Crippen molar-refractivity contribution in [3.63, 3.8) is 0 Å². The SMILES string of the molecule is NCC1(C23OCC(CO2)CO3)CC1. The maximum Gasteiger partial charge on any atom is 0.290 e. The number of ether oxygens (including phenoxy) is 3. The van der Waals surface area contributed by atoms with Crippen molar-refractivity contribution in [1.29, 1.82) is 0 Å². The second-order valence-corrected chi connectivity index (χ2v) is 4.34. The second kappa shape index (κ2) is 2.45. The van der Waals surface area contributed by atoms with Gasteiger partial charge in [0.15, 0.2) is 0 Å². The zero-order valence-electron chi connectivity index (χ0n) is 7.62. The van der Waals surface area contributed by atoms with Crippen LogP contribution in [0, 0.1) is 11.3 Å². The molecule has 0 amide bonds. The van der Waals surface area contributed by atoms with Gasteiger partial charge in [0, 0.05) is 12.5 Å². The molecule has 4 rings (SSSR count). The van der Waals surface area contributed by atoms with Crippen LogP contribution in [0.1, 0.15) is 12.8 Å². The van der Waals surface area contributed by atoms with Crippen molar-refractivity contribution in [2.24, 2.45) is 17.1 Å². The summed E-state index contributed by atoms with van der Waals surface area (Å²) in [5.74, 6) is -0.355. The number of hydrogen-bond donors (Lipinski definition) is 1. The highest BCUT2D eigenvalue weighted by Gasteiger charge is 2.65. The highest BCUT2D eigenvalue weighted by atomic mass is 16.9. The average molecular weight is 185 g/mol. The first-order chi connectivity index (χ1) is 6.30. The lowest BCUT2D eigenvalue weighted by molar-refractivity contribution is -0.473. The van der Waals surface area contributed by atoms with Gasteiger partial charge in [-0.1, -0.05) is 0 Å². The van der Waals surface area contributed by atoms with Gasteiger partial charge in [-0.2, -0.15) is 0 Å². The minimum Gasteiger partial charge on any atom is -0.330 e. The third-order valence-electron chi connectivity index (χ3n) is 3.42. The van der Waals surface area contributed by atoms with Gasteiger partial charge in [-0.25, -0.2) is 0 Å². The van der Waals surface area contributed by atoms with E-state index in [4.69, 9.17) is 19.9 Å². The van der Waals surface area contributed by atoms with Crippen LogP contribution in [0.5, 0.6) is 0 Å². The standard InChI is InChI=1S/C9H15NO3/c10-6-8(1-2-8)9-11-3-7(4-12-9)5-13-9/h7H,1-6,10H2. The van der Waals surface area contributed by atoms with Gasteiger partial charge in [0.05, 0.1) is 25.2 Å². The monoisotopic (exact) mass is 185 g/mol. The number of nitrogens with two attached hydrogens (primary N) is 1. The smallest absolute Gasteiger partial charge is 0.290 e. The van der Waals surface area contributed by atoms with Crippen molar-refractivity contribution in [3.8, 4) is 0 Å². The molecule has 2 N–H and O–H groups in total. The molecule has 0 aromatic rings. The summed E-state index contributed by atoms with van der Waals surface area (Å²) >= 11 is 0. The summed E-state index contributed by atoms with van der Waals surface area (Å²) in [5, 5.41) is 0. The van der Waals surface area contributed by atoms with Crippen LogP contribution in [0.4, 0.5) is 0 Å². The quantitative estimate of drug-likeness (QED) is 0.661. The molecule has 0 aromatic heterocycles. The van der Waals surface area contributed by atoms with Crippen LogP contribution in [0.25, 0.3) is 0 Å². The Bertz CT molecular complexity index is 205. The van der Waals surface area contributed by atoms with Crippen molar-refractivity contribution < 1.29 is 14.2 Å². The third-order valence-corrected chi connectivity index (χ3v) is 3.42. The van der Waals surface area contributed by atoms with Gasteiger partial charge < -0.3 is 19.9 Å². The van der Waals surface area contributed by atoms with Crippen LogP contribution >= 0.6 is 0 Å². The Morgan fingerprint density at radius 1 is 1.08 bits per heavy atom. The predicted molar refractivity (Wildman–Crippen MR) is 44.8 cm³/mol. The maximum atomic E-state index is 5.74. The normalized spacial score (nSPS) is 46.4. The summed E-state index contributed by atoms with van der Waals surface area (Å²) < 4.78 is 17.0. The maximum absolute atomic E-state index is 5.74. The minimum atomic E-state index is -0.781. The fraction of sp³-hybridized carbons (Fsp3) is 1.00. The van der Waals surface area contributed by atoms with Gasteiger partial charge in [0.1, 0.15) is 0 Å². The summed E-state index contributed by atoms with van der Waals surface area (Å²) in [6.07, 6.45) is 2.13. The van der Waals surface area contributed by atoms with Gasteiger partial charge >= 0.3 is 0 Å². The molecule has 2 bridgehead atoms. The number of fused-ring (bicyclic) bond motifs is 3. The van der Waals surface area contributed by atoms with Crippen molar-refractivity contribution >= 4 is 0 Å². The van der Waals surface area contributed by atoms with Gasteiger partial charge in [0.2, 0.25) is 0 Å². The largest absolute Gasteiger partial charge is 0.330 e. The minimum absolute atomic E-state index is 0.0433. The van der Waals surface area contributed by atoms with E-state index < -0.39 is 5.97 Å². The first-order valence-corrected chi connectivity index (χ1v) is 4.92. The Balaban J connectivity index is 1.87. The lowest BCUT2D eigenvalue weighted by Crippen LogP contribution is -2.60. The first kappa shape index (κ1) is 8.17. The topological polar surface area (TPSA) is 53.7 Å². The Morgan fingerprint density at radius 2 is 1.62 bits per heavy atom. The summed E-state index contributed by atoms with van der Waals surface area (Å²) in [4.78, 5) is 0. The fourth-order valence-corrected chi connectivity index (χ4v) is 2.20. The molecular formula is C9H15NO3. The molecule has 0 radical (unpaired) electrons. The van der Waals surface area contributed by atoms with Gasteiger partial charge in [0.25, 0.3) is 5.97 Å². The molecule has 3 saturated heterocycles. The van der Waals surface area contributed by atoms with Crippen LogP contribution < -0.4 is 5.73 Å². The molecule has 0 unspecified atom stereocenters. The first-order valence-electron chi connectivity index (χ1n) is 4.92. The van der Waals surface area contributed by atoms with Crippen LogP contribution in [0.2, 0.25) is 0 Å². The van der Waals surface area contributed by atoms with Crippen LogP contribution in [-0.2, 0) is 14.2 Å². The summed E-state index contributed by atoms with van der Waals surface area (Å²) in [6, 6.07) is 0. The number of hydrogen-bond acceptors (Lipinski definition) is 4. The summed E-state index contributed by atoms with van der Waals surface area (Å²) in [7, 11) is 0. The molecule has 4 heteroatoms. The Labute approximate surface area is 77.3 Å². The molecule has 0 atom stereocenters. The summed E-state index contributed by atoms with van der Waals surface area (Å²) in [6.45, 7) is 2.89. The molecule has 4 fully saturated rings. The molecule has 1 saturated carbocycles. The zero-order valence-corrected chi connectivity index (χ0v) is 7.62. The van der Waals surface area contributed by atoms with Gasteiger partial charge in [-0.3, -0.25) is 0 Å². The second-order valence-electron chi connectivity index (χ2n) is 4.34. The third kappa shape index (κ3) is 0.944. The zero-order chi connectivity index (χ0) is 8.94. The van der Waals surface area contributed by atoms with E-state index in [2.05, 4.69) is 0 Å². The molecule has 4 nitrogen and oxygen atoms in total. The molecule has 3 heterocycles. The fourth-order valence-electron chi connectivity index (χ4n) is 2.20. The molecule has 0 spiro atoms. The van der Waals surface area contributed by atoms with Gasteiger partial charge in [-0.15, -0.1) is 0 Å². The van der Waals surface area contributed by atoms with E-state index in [1.807, 2.05) is 0 Å². The molecular weight excluding hydrogens is 170 g/mol. The highest BCUT2D eigenvalue weighted by Crippen LogP contribution is 2.58. The molecule has 1 aliphatic carbocycles. The van der Waals surface area contributed by atoms with Crippen molar-refractivity contribution in [3.05, 3.63) is 0 Å². The Hall–Kier alpha value is -0.160. The van der Waals surface area contributed by atoms with Crippen LogP contribution in [-0.4, -0.2) is 32.3 Å². The number of rotatable bonds is 2. The lowest BCUT2D eigenvalue weighted by Gasteiger charge is -2.49. The van der Waals surface area contributed by atoms with E-state index in [1.165, 1.54) is 0 Å². The molecule has 74 valence electrons. The summed E-state index contributed by atoms with van der Waals surface area (Å²) in [5.41, 5.74) is 5.69. The lowest BCUT2D eigenvalue weighted by atomic mass is 10.00. The van der Waals surface area contributed by atoms with Crippen molar-refractivity contribution in [2.45, 2.75) is 18.8 Å². The van der Waals surface area contributed by atoms with Crippen LogP contribution in [0.15, 0.2) is 0 Å². The Kier molecular flexibility index (Phi) is 1.54. The molecule has 4 aliphatic rings. The highest BCUT2D eigenvalue weighted by molar-refractivity contribution is 5.03. The van der Waals surface area contributed by atoms with E-state index in [0.717, 1.165) is 32.7 Å². The van der Waals surface area contributed by atoms with E-state index in [1.54, 1.807) is 0 Å². The van der Waals surface area contributed by atoms with Crippen molar-refractivity contribution in [1.82, 2.24) is 0 Å².